The second-order valence-corrected chi connectivity index (χ2v) is 21.8. The predicted octanol–water partition coefficient (Wildman–Crippen LogP) is 6.91. The van der Waals surface area contributed by atoms with Crippen molar-refractivity contribution in [3.8, 4) is 5.88 Å². The lowest BCUT2D eigenvalue weighted by atomic mass is 9.71. The van der Waals surface area contributed by atoms with Crippen molar-refractivity contribution in [2.75, 3.05) is 94.0 Å². The fourth-order valence-electron chi connectivity index (χ4n) is 10.2. The second kappa shape index (κ2) is 19.4. The van der Waals surface area contributed by atoms with Crippen LogP contribution in [0.2, 0.25) is 5.02 Å². The highest BCUT2D eigenvalue weighted by atomic mass is 35.5. The number of pyridine rings is 1. The van der Waals surface area contributed by atoms with Gasteiger partial charge in [0.2, 0.25) is 5.88 Å². The first-order chi connectivity index (χ1) is 33.6. The molecule has 1 aliphatic carbocycles. The van der Waals surface area contributed by atoms with Crippen LogP contribution in [0.25, 0.3) is 16.6 Å². The molecule has 70 heavy (non-hydrogen) atoms. The number of benzene rings is 3. The Kier molecular flexibility index (Phi) is 13.3. The average molecular weight is 998 g/mol. The van der Waals surface area contributed by atoms with Gasteiger partial charge in [0, 0.05) is 80.8 Å². The number of allylic oxidation sites excluding steroid dienone is 1. The monoisotopic (exact) mass is 996 g/mol. The summed E-state index contributed by atoms with van der Waals surface area (Å²) in [7, 11) is -4.66. The number of anilines is 4. The highest BCUT2D eigenvalue weighted by Crippen LogP contribution is 2.46. The second-order valence-electron chi connectivity index (χ2n) is 19.6. The number of carbonyl (C=O) groups is 1. The van der Waals surface area contributed by atoms with E-state index in [9.17, 15) is 28.4 Å². The molecule has 10 rings (SSSR count). The van der Waals surface area contributed by atoms with Crippen LogP contribution < -0.4 is 24.6 Å². The summed E-state index contributed by atoms with van der Waals surface area (Å²) in [4.78, 5) is 40.1. The fraction of sp³-hybridized carbons (Fsp3) is 0.440. The number of fused-ring (bicyclic) bond motifs is 4. The van der Waals surface area contributed by atoms with E-state index in [0.717, 1.165) is 42.0 Å². The Morgan fingerprint density at radius 2 is 1.81 bits per heavy atom. The maximum absolute atomic E-state index is 14.5. The number of nitrogens with one attached hydrogen (secondary N) is 3. The van der Waals surface area contributed by atoms with Crippen LogP contribution in [-0.2, 0) is 24.2 Å². The summed E-state index contributed by atoms with van der Waals surface area (Å²) in [6.45, 7) is 9.82. The number of H-pyrrole nitrogens is 1. The Balaban J connectivity index is 0.976. The molecule has 20 heteroatoms. The van der Waals surface area contributed by atoms with Gasteiger partial charge in [-0.05, 0) is 102 Å². The lowest BCUT2D eigenvalue weighted by Crippen LogP contribution is -2.56. The maximum Gasteiger partial charge on any atom is 0.293 e. The molecule has 5 aliphatic rings. The number of aromatic amines is 1. The van der Waals surface area contributed by atoms with Crippen molar-refractivity contribution in [3.63, 3.8) is 0 Å². The van der Waals surface area contributed by atoms with Crippen LogP contribution in [0.15, 0.2) is 89.5 Å². The van der Waals surface area contributed by atoms with Crippen molar-refractivity contribution in [1.82, 2.24) is 19.6 Å². The molecule has 4 N–H and O–H groups in total. The lowest BCUT2D eigenvalue weighted by Gasteiger charge is -2.45. The number of ether oxygens (including phenoxy) is 4. The first kappa shape index (κ1) is 47.9. The van der Waals surface area contributed by atoms with E-state index in [1.807, 2.05) is 41.3 Å². The summed E-state index contributed by atoms with van der Waals surface area (Å²) in [5, 5.41) is 27.0. The molecular weight excluding hydrogens is 940 g/mol. The van der Waals surface area contributed by atoms with Crippen molar-refractivity contribution in [3.05, 3.63) is 111 Å². The molecule has 5 aromatic rings. The number of nitro benzene ring substituents is 1. The van der Waals surface area contributed by atoms with E-state index in [-0.39, 0.29) is 48.6 Å². The Morgan fingerprint density at radius 3 is 2.60 bits per heavy atom. The van der Waals surface area contributed by atoms with Gasteiger partial charge in [0.1, 0.15) is 22.6 Å². The van der Waals surface area contributed by atoms with Gasteiger partial charge in [-0.1, -0.05) is 37.6 Å². The minimum absolute atomic E-state index is 0.000939. The molecule has 3 aromatic carbocycles. The number of amides is 1. The summed E-state index contributed by atoms with van der Waals surface area (Å²) in [5.41, 5.74) is 4.60. The SMILES string of the molecule is CC1(C)CC(c2ccc(Cl)cc2)=C2CN3CCN(c4ccc(C(=O)NS(=O)(=O)c5ccc(NCC6(O)COC6)c([N+](=O)[O-])c5)c(N5CCCOc6nc7[nH]ccc7cc65)c4)C[C@H]3COCCCO[C@@H]2C1. The summed E-state index contributed by atoms with van der Waals surface area (Å²) in [6, 6.07) is 20.6. The van der Waals surface area contributed by atoms with Crippen molar-refractivity contribution in [2.45, 2.75) is 62.2 Å². The van der Waals surface area contributed by atoms with Crippen LogP contribution in [0.1, 0.15) is 55.5 Å². The molecule has 1 amide bonds. The number of hydrogen-bond donors (Lipinski definition) is 4. The largest absolute Gasteiger partial charge is 0.476 e. The van der Waals surface area contributed by atoms with E-state index < -0.39 is 37.0 Å². The molecule has 0 bridgehead atoms. The molecule has 3 fully saturated rings. The van der Waals surface area contributed by atoms with E-state index in [1.165, 1.54) is 23.3 Å². The molecule has 3 saturated heterocycles. The number of halogens is 1. The Bertz CT molecular complexity index is 2940. The molecule has 4 aliphatic heterocycles. The number of piperazine rings is 1. The highest BCUT2D eigenvalue weighted by molar-refractivity contribution is 7.90. The third-order valence-corrected chi connectivity index (χ3v) is 15.5. The number of rotatable bonds is 10. The first-order valence-corrected chi connectivity index (χ1v) is 25.6. The summed E-state index contributed by atoms with van der Waals surface area (Å²) in [6.07, 6.45) is 4.90. The number of nitro groups is 1. The molecule has 2 atom stereocenters. The van der Waals surface area contributed by atoms with Crippen LogP contribution in [0.4, 0.5) is 28.4 Å². The van der Waals surface area contributed by atoms with Gasteiger partial charge in [0.05, 0.1) is 59.6 Å². The van der Waals surface area contributed by atoms with Crippen LogP contribution in [0, 0.1) is 15.5 Å². The quantitative estimate of drug-likeness (QED) is 0.0827. The number of aliphatic hydroxyl groups is 1. The minimum atomic E-state index is -4.66. The molecule has 6 heterocycles. The topological polar surface area (TPSA) is 214 Å². The van der Waals surface area contributed by atoms with Crippen molar-refractivity contribution < 1.29 is 42.2 Å². The molecule has 18 nitrogen and oxygen atoms in total. The van der Waals surface area contributed by atoms with Crippen molar-refractivity contribution >= 4 is 72.6 Å². The van der Waals surface area contributed by atoms with E-state index >= 15 is 0 Å². The van der Waals surface area contributed by atoms with Gasteiger partial charge in [-0.15, -0.1) is 0 Å². The number of nitrogens with zero attached hydrogens (tertiary/aromatic N) is 5. The van der Waals surface area contributed by atoms with Crippen LogP contribution in [0.5, 0.6) is 5.88 Å². The zero-order valence-corrected chi connectivity index (χ0v) is 40.7. The molecule has 0 unspecified atom stereocenters. The molecule has 0 spiro atoms. The molecule has 0 radical (unpaired) electrons. The van der Waals surface area contributed by atoms with Gasteiger partial charge >= 0.3 is 0 Å². The smallest absolute Gasteiger partial charge is 0.293 e. The van der Waals surface area contributed by atoms with E-state index in [4.69, 9.17) is 35.5 Å². The molecule has 2 aromatic heterocycles. The van der Waals surface area contributed by atoms with Gasteiger partial charge in [-0.2, -0.15) is 4.98 Å². The number of hydrogen-bond acceptors (Lipinski definition) is 15. The zero-order valence-electron chi connectivity index (χ0n) is 39.1. The van der Waals surface area contributed by atoms with Gasteiger partial charge in [-0.3, -0.25) is 19.8 Å². The predicted molar refractivity (Wildman–Crippen MR) is 266 cm³/mol. The standard InChI is InChI=1S/C50H57ClN8O10S/c1-49(2)24-39(32-5-7-34(51)8-6-32)40-27-57-17-16-56(26-36(57)28-66-18-4-20-68-45(40)25-49)35-9-11-38(42(22-35)58-15-3-19-69-48-44(58)21-33-13-14-52-46(33)54-48)47(60)55-70(64,65)37-10-12-41(43(23-37)59(62)63)53-29-50(61)30-67-31-50/h5-14,21-23,36,45,53,61H,3-4,15-20,24-31H2,1-2H3,(H,52,54)(H,55,60)/t36-,45+/m0/s1. The van der Waals surface area contributed by atoms with E-state index in [1.54, 1.807) is 12.3 Å². The van der Waals surface area contributed by atoms with E-state index in [0.29, 0.717) is 93.5 Å². The Labute approximate surface area is 411 Å². The number of carbonyl (C=O) groups excluding carboxylic acids is 1. The third kappa shape index (κ3) is 10.1. The molecular formula is C50H57ClN8O10S. The summed E-state index contributed by atoms with van der Waals surface area (Å²) in [5.74, 6) is -0.571. The minimum Gasteiger partial charge on any atom is -0.476 e. The lowest BCUT2D eigenvalue weighted by molar-refractivity contribution is -0.384. The first-order valence-electron chi connectivity index (χ1n) is 23.7. The van der Waals surface area contributed by atoms with Crippen LogP contribution in [-0.4, -0.2) is 136 Å². The highest BCUT2D eigenvalue weighted by Gasteiger charge is 2.39. The Hall–Kier alpha value is -5.80. The van der Waals surface area contributed by atoms with Gasteiger partial charge in [0.15, 0.2) is 0 Å². The number of aromatic nitrogens is 2. The van der Waals surface area contributed by atoms with Gasteiger partial charge < -0.3 is 44.2 Å². The Morgan fingerprint density at radius 1 is 0.986 bits per heavy atom. The van der Waals surface area contributed by atoms with Gasteiger partial charge in [0.25, 0.3) is 21.6 Å². The normalized spacial score (nSPS) is 21.8. The number of sulfonamides is 1. The van der Waals surface area contributed by atoms with Crippen LogP contribution in [0.3, 0.4) is 0 Å². The van der Waals surface area contributed by atoms with Crippen molar-refractivity contribution in [1.29, 1.82) is 0 Å². The maximum atomic E-state index is 14.5. The molecule has 0 saturated carbocycles. The van der Waals surface area contributed by atoms with E-state index in [2.05, 4.69) is 50.8 Å². The fourth-order valence-corrected chi connectivity index (χ4v) is 11.3. The van der Waals surface area contributed by atoms with Crippen LogP contribution >= 0.6 is 11.6 Å². The average Bonchev–Trinajstić information content (AvgIpc) is 3.67. The summed E-state index contributed by atoms with van der Waals surface area (Å²) < 4.78 is 54.5. The van der Waals surface area contributed by atoms with Gasteiger partial charge in [-0.25, -0.2) is 13.1 Å². The summed E-state index contributed by atoms with van der Waals surface area (Å²) >= 11 is 6.37. The van der Waals surface area contributed by atoms with Crippen molar-refractivity contribution in [2.24, 2.45) is 5.41 Å². The third-order valence-electron chi connectivity index (χ3n) is 13.9. The molecule has 370 valence electrons. The zero-order chi connectivity index (χ0) is 48.8.